The number of benzene rings is 2. The van der Waals surface area contributed by atoms with Crippen molar-refractivity contribution in [1.82, 2.24) is 0 Å². The van der Waals surface area contributed by atoms with Gasteiger partial charge in [0.15, 0.2) is 23.0 Å². The van der Waals surface area contributed by atoms with Gasteiger partial charge in [-0.25, -0.2) is 0 Å². The predicted octanol–water partition coefficient (Wildman–Crippen LogP) is 0.998. The summed E-state index contributed by atoms with van der Waals surface area (Å²) in [7, 11) is 0. The normalized spacial score (nSPS) is 10.6. The highest BCUT2D eigenvalue weighted by atomic mass is 16.4. The Morgan fingerprint density at radius 1 is 0.450 bits per heavy atom. The Kier molecular flexibility index (Phi) is 2.78. The molecule has 0 saturated carbocycles. The summed E-state index contributed by atoms with van der Waals surface area (Å²) in [6.45, 7) is 0. The van der Waals surface area contributed by atoms with Crippen LogP contribution in [0.1, 0.15) is 0 Å². The van der Waals surface area contributed by atoms with Gasteiger partial charge in [0.1, 0.15) is 0 Å². The third kappa shape index (κ3) is 1.62. The molecule has 0 unspecified atom stereocenters. The fourth-order valence-electron chi connectivity index (χ4n) is 1.71. The van der Waals surface area contributed by atoms with Crippen molar-refractivity contribution in [3.05, 3.63) is 12.1 Å². The first-order valence-corrected chi connectivity index (χ1v) is 5.20. The van der Waals surface area contributed by atoms with E-state index >= 15 is 0 Å². The maximum absolute atomic E-state index is 9.69. The highest BCUT2D eigenvalue weighted by Gasteiger charge is 2.27. The van der Waals surface area contributed by atoms with Crippen LogP contribution in [0.3, 0.4) is 0 Å². The minimum Gasteiger partial charge on any atom is -0.504 e. The Bertz CT molecular complexity index is 678. The Morgan fingerprint density at radius 2 is 0.900 bits per heavy atom. The van der Waals surface area contributed by atoms with Gasteiger partial charge in [-0.1, -0.05) is 0 Å². The Labute approximate surface area is 111 Å². The van der Waals surface area contributed by atoms with Crippen molar-refractivity contribution in [2.75, 3.05) is 0 Å². The van der Waals surface area contributed by atoms with Crippen molar-refractivity contribution in [2.24, 2.45) is 0 Å². The molecule has 2 aromatic carbocycles. The fraction of sp³-hybridized carbons (Fsp3) is 0. The molecule has 2 aromatic rings. The van der Waals surface area contributed by atoms with E-state index in [0.717, 1.165) is 12.1 Å². The molecular formula is C12H10O8. The second-order valence-electron chi connectivity index (χ2n) is 3.95. The Hall–Kier alpha value is -3.16. The molecule has 0 aliphatic rings. The van der Waals surface area contributed by atoms with Crippen LogP contribution in [0.4, 0.5) is 0 Å². The van der Waals surface area contributed by atoms with Crippen molar-refractivity contribution in [2.45, 2.75) is 0 Å². The summed E-state index contributed by atoms with van der Waals surface area (Å²) in [6, 6.07) is 1.96. The zero-order valence-corrected chi connectivity index (χ0v) is 9.73. The first-order valence-electron chi connectivity index (χ1n) is 5.20. The lowest BCUT2D eigenvalue weighted by atomic mass is 10.00. The molecule has 0 aromatic heterocycles. The SMILES string of the molecule is Oc1ccc(-c2c(O)c(O)c(O)c(O)c2O)c(O)c1O. The lowest BCUT2D eigenvalue weighted by molar-refractivity contribution is 0.329. The summed E-state index contributed by atoms with van der Waals surface area (Å²) in [4.78, 5) is 0. The number of phenols is 8. The summed E-state index contributed by atoms with van der Waals surface area (Å²) in [6.07, 6.45) is 0. The van der Waals surface area contributed by atoms with Crippen LogP contribution in [-0.4, -0.2) is 40.9 Å². The van der Waals surface area contributed by atoms with Crippen molar-refractivity contribution in [3.63, 3.8) is 0 Å². The highest BCUT2D eigenvalue weighted by molar-refractivity contribution is 5.89. The van der Waals surface area contributed by atoms with E-state index in [9.17, 15) is 40.9 Å². The monoisotopic (exact) mass is 282 g/mol. The molecule has 2 rings (SSSR count). The quantitative estimate of drug-likeness (QED) is 0.283. The van der Waals surface area contributed by atoms with Crippen LogP contribution in [0.25, 0.3) is 11.1 Å². The van der Waals surface area contributed by atoms with Gasteiger partial charge in [-0.3, -0.25) is 0 Å². The molecule has 0 amide bonds. The molecule has 0 aliphatic heterocycles. The van der Waals surface area contributed by atoms with Crippen molar-refractivity contribution in [1.29, 1.82) is 0 Å². The van der Waals surface area contributed by atoms with Crippen LogP contribution in [0, 0.1) is 0 Å². The molecule has 0 spiro atoms. The number of aromatic hydroxyl groups is 8. The molecular weight excluding hydrogens is 272 g/mol. The van der Waals surface area contributed by atoms with Crippen LogP contribution in [0.15, 0.2) is 12.1 Å². The maximum Gasteiger partial charge on any atom is 0.208 e. The van der Waals surface area contributed by atoms with Crippen molar-refractivity contribution < 1.29 is 40.9 Å². The molecule has 0 radical (unpaired) electrons. The van der Waals surface area contributed by atoms with E-state index in [1.54, 1.807) is 0 Å². The van der Waals surface area contributed by atoms with Crippen LogP contribution in [0.5, 0.6) is 46.0 Å². The molecule has 0 aliphatic carbocycles. The van der Waals surface area contributed by atoms with E-state index < -0.39 is 51.6 Å². The summed E-state index contributed by atoms with van der Waals surface area (Å²) in [5, 5.41) is 75.7. The van der Waals surface area contributed by atoms with Gasteiger partial charge in [0.05, 0.1) is 5.56 Å². The number of rotatable bonds is 1. The second kappa shape index (κ2) is 4.19. The summed E-state index contributed by atoms with van der Waals surface area (Å²) < 4.78 is 0. The van der Waals surface area contributed by atoms with Crippen LogP contribution in [0.2, 0.25) is 0 Å². The summed E-state index contributed by atoms with van der Waals surface area (Å²) in [5.41, 5.74) is -1.02. The molecule has 0 saturated heterocycles. The Balaban J connectivity index is 2.87. The van der Waals surface area contributed by atoms with E-state index in [4.69, 9.17) is 0 Å². The third-order valence-corrected chi connectivity index (χ3v) is 2.77. The van der Waals surface area contributed by atoms with Gasteiger partial charge in [-0.2, -0.15) is 0 Å². The van der Waals surface area contributed by atoms with E-state index in [0.29, 0.717) is 0 Å². The molecule has 0 atom stereocenters. The fourth-order valence-corrected chi connectivity index (χ4v) is 1.71. The zero-order chi connectivity index (χ0) is 15.2. The number of hydrogen-bond acceptors (Lipinski definition) is 8. The molecule has 8 N–H and O–H groups in total. The molecule has 0 bridgehead atoms. The zero-order valence-electron chi connectivity index (χ0n) is 9.73. The average molecular weight is 282 g/mol. The number of phenolic OH excluding ortho intramolecular Hbond substituents is 8. The molecule has 20 heavy (non-hydrogen) atoms. The largest absolute Gasteiger partial charge is 0.504 e. The third-order valence-electron chi connectivity index (χ3n) is 2.77. The first kappa shape index (κ1) is 13.3. The summed E-state index contributed by atoms with van der Waals surface area (Å²) in [5.74, 6) is -7.93. The standard InChI is InChI=1S/C12H10O8/c13-4-2-1-3(6(14)7(4)15)5-8(16)10(18)12(20)11(19)9(5)17/h1-2,13-20H. The van der Waals surface area contributed by atoms with Gasteiger partial charge < -0.3 is 40.9 Å². The molecule has 8 nitrogen and oxygen atoms in total. The van der Waals surface area contributed by atoms with Gasteiger partial charge in [-0.05, 0) is 12.1 Å². The smallest absolute Gasteiger partial charge is 0.208 e. The molecule has 8 heteroatoms. The lowest BCUT2D eigenvalue weighted by Crippen LogP contribution is -1.86. The van der Waals surface area contributed by atoms with Crippen LogP contribution >= 0.6 is 0 Å². The van der Waals surface area contributed by atoms with Gasteiger partial charge in [0.25, 0.3) is 0 Å². The minimum atomic E-state index is -1.15. The Morgan fingerprint density at radius 3 is 1.40 bits per heavy atom. The second-order valence-corrected chi connectivity index (χ2v) is 3.95. The van der Waals surface area contributed by atoms with E-state index in [1.165, 1.54) is 0 Å². The van der Waals surface area contributed by atoms with E-state index in [-0.39, 0.29) is 5.56 Å². The first-order chi connectivity index (χ1) is 9.27. The average Bonchev–Trinajstić information content (AvgIpc) is 2.43. The topological polar surface area (TPSA) is 162 Å². The maximum atomic E-state index is 9.69. The van der Waals surface area contributed by atoms with Crippen LogP contribution < -0.4 is 0 Å². The van der Waals surface area contributed by atoms with Crippen molar-refractivity contribution in [3.8, 4) is 57.1 Å². The van der Waals surface area contributed by atoms with Crippen LogP contribution in [-0.2, 0) is 0 Å². The molecule has 106 valence electrons. The van der Waals surface area contributed by atoms with E-state index in [1.807, 2.05) is 0 Å². The highest BCUT2D eigenvalue weighted by Crippen LogP contribution is 2.57. The minimum absolute atomic E-state index is 0.388. The molecule has 0 heterocycles. The number of hydrogen-bond donors (Lipinski definition) is 8. The van der Waals surface area contributed by atoms with E-state index in [2.05, 4.69) is 0 Å². The predicted molar refractivity (Wildman–Crippen MR) is 65.2 cm³/mol. The summed E-state index contributed by atoms with van der Waals surface area (Å²) >= 11 is 0. The van der Waals surface area contributed by atoms with Gasteiger partial charge >= 0.3 is 0 Å². The lowest BCUT2D eigenvalue weighted by Gasteiger charge is -2.14. The van der Waals surface area contributed by atoms with Gasteiger partial charge in [-0.15, -0.1) is 0 Å². The van der Waals surface area contributed by atoms with Crippen molar-refractivity contribution >= 4 is 0 Å². The van der Waals surface area contributed by atoms with Gasteiger partial charge in [0, 0.05) is 5.56 Å². The molecule has 0 fully saturated rings. The van der Waals surface area contributed by atoms with Gasteiger partial charge in [0.2, 0.25) is 23.0 Å².